The summed E-state index contributed by atoms with van der Waals surface area (Å²) in [5.41, 5.74) is 2.73. The van der Waals surface area contributed by atoms with Gasteiger partial charge in [-0.1, -0.05) is 17.3 Å². The van der Waals surface area contributed by atoms with Crippen molar-refractivity contribution in [2.45, 2.75) is 0 Å². The van der Waals surface area contributed by atoms with Crippen LogP contribution >= 0.6 is 0 Å². The molecule has 4 nitrogen and oxygen atoms in total. The van der Waals surface area contributed by atoms with E-state index in [-0.39, 0.29) is 0 Å². The van der Waals surface area contributed by atoms with Gasteiger partial charge in [-0.3, -0.25) is 0 Å². The van der Waals surface area contributed by atoms with Gasteiger partial charge in [0.1, 0.15) is 0 Å². The van der Waals surface area contributed by atoms with E-state index in [0.29, 0.717) is 0 Å². The van der Waals surface area contributed by atoms with E-state index in [9.17, 15) is 0 Å². The monoisotopic (exact) mass is 173 g/mol. The van der Waals surface area contributed by atoms with Crippen LogP contribution in [0.3, 0.4) is 0 Å². The fraction of sp³-hybridized carbons (Fsp3) is 0. The summed E-state index contributed by atoms with van der Waals surface area (Å²) >= 11 is 0. The maximum Gasteiger partial charge on any atom is 0.449 e. The standard InChI is InChI=1S/C8H6BN2O2/c12-10-4-6-1-2-8-7(3-6)5-11-13-9-8/h1-5,12H/b10-4+. The Labute approximate surface area is 75.8 Å². The first-order valence-corrected chi connectivity index (χ1v) is 3.74. The Bertz CT molecular complexity index is 376. The lowest BCUT2D eigenvalue weighted by Crippen LogP contribution is -2.24. The molecular weight excluding hydrogens is 167 g/mol. The molecule has 1 heterocycles. The third-order valence-corrected chi connectivity index (χ3v) is 1.75. The van der Waals surface area contributed by atoms with Gasteiger partial charge in [-0.25, -0.2) is 0 Å². The first kappa shape index (κ1) is 7.85. The molecular formula is C8H6BN2O2. The molecule has 0 atom stereocenters. The van der Waals surface area contributed by atoms with Gasteiger partial charge in [0, 0.05) is 0 Å². The van der Waals surface area contributed by atoms with E-state index in [1.807, 2.05) is 18.2 Å². The highest BCUT2D eigenvalue weighted by Gasteiger charge is 2.09. The molecule has 63 valence electrons. The maximum absolute atomic E-state index is 8.33. The molecule has 1 aromatic carbocycles. The molecule has 1 radical (unpaired) electrons. The molecule has 0 fully saturated rings. The number of rotatable bonds is 1. The van der Waals surface area contributed by atoms with E-state index in [4.69, 9.17) is 9.96 Å². The highest BCUT2D eigenvalue weighted by molar-refractivity contribution is 6.49. The van der Waals surface area contributed by atoms with Gasteiger partial charge in [-0.15, -0.1) is 5.16 Å². The van der Waals surface area contributed by atoms with E-state index < -0.39 is 0 Å². The third kappa shape index (κ3) is 1.54. The van der Waals surface area contributed by atoms with Crippen LogP contribution in [0.1, 0.15) is 11.1 Å². The van der Waals surface area contributed by atoms with Crippen molar-refractivity contribution >= 4 is 25.4 Å². The quantitative estimate of drug-likeness (QED) is 0.283. The van der Waals surface area contributed by atoms with Crippen LogP contribution < -0.4 is 5.46 Å². The minimum Gasteiger partial charge on any atom is -0.468 e. The van der Waals surface area contributed by atoms with E-state index in [1.54, 1.807) is 13.7 Å². The number of hydrogen-bond donors (Lipinski definition) is 1. The normalized spacial score (nSPS) is 13.5. The molecule has 0 saturated carbocycles. The molecule has 0 amide bonds. The average molecular weight is 173 g/mol. The summed E-state index contributed by atoms with van der Waals surface area (Å²) < 4.78 is 4.76. The summed E-state index contributed by atoms with van der Waals surface area (Å²) in [4.78, 5) is 0. The van der Waals surface area contributed by atoms with Crippen LogP contribution in [0.2, 0.25) is 0 Å². The van der Waals surface area contributed by atoms with Crippen LogP contribution in [0.5, 0.6) is 0 Å². The Morgan fingerprint density at radius 2 is 2.46 bits per heavy atom. The topological polar surface area (TPSA) is 54.2 Å². The lowest BCUT2D eigenvalue weighted by molar-refractivity contribution is 0.322. The Kier molecular flexibility index (Phi) is 2.00. The van der Waals surface area contributed by atoms with Gasteiger partial charge in [-0.2, -0.15) is 0 Å². The fourth-order valence-electron chi connectivity index (χ4n) is 1.13. The molecule has 0 bridgehead atoms. The highest BCUT2D eigenvalue weighted by atomic mass is 16.6. The zero-order valence-electron chi connectivity index (χ0n) is 6.71. The lowest BCUT2D eigenvalue weighted by Gasteiger charge is -2.08. The zero-order chi connectivity index (χ0) is 9.10. The Balaban J connectivity index is 2.42. The first-order chi connectivity index (χ1) is 6.40. The number of benzene rings is 1. The molecule has 0 unspecified atom stereocenters. The van der Waals surface area contributed by atoms with Crippen molar-refractivity contribution in [2.24, 2.45) is 10.3 Å². The van der Waals surface area contributed by atoms with Gasteiger partial charge in [0.15, 0.2) is 0 Å². The van der Waals surface area contributed by atoms with Crippen molar-refractivity contribution in [2.75, 3.05) is 0 Å². The highest BCUT2D eigenvalue weighted by Crippen LogP contribution is 2.01. The summed E-state index contributed by atoms with van der Waals surface area (Å²) in [6.07, 6.45) is 2.98. The zero-order valence-corrected chi connectivity index (χ0v) is 6.71. The van der Waals surface area contributed by atoms with Crippen LogP contribution in [0, 0.1) is 0 Å². The molecule has 1 aliphatic heterocycles. The molecule has 1 aliphatic rings. The summed E-state index contributed by atoms with van der Waals surface area (Å²) in [7, 11) is 1.56. The Morgan fingerprint density at radius 1 is 1.54 bits per heavy atom. The second-order valence-corrected chi connectivity index (χ2v) is 2.59. The molecule has 0 aliphatic carbocycles. The number of oxime groups is 2. The van der Waals surface area contributed by atoms with E-state index in [2.05, 4.69) is 10.3 Å². The minimum atomic E-state index is 0.822. The predicted octanol–water partition coefficient (Wildman–Crippen LogP) is 0.103. The van der Waals surface area contributed by atoms with E-state index in [1.165, 1.54) is 6.21 Å². The van der Waals surface area contributed by atoms with E-state index in [0.717, 1.165) is 16.6 Å². The smallest absolute Gasteiger partial charge is 0.449 e. The van der Waals surface area contributed by atoms with Crippen molar-refractivity contribution in [1.29, 1.82) is 0 Å². The SMILES string of the molecule is O/N=C/c1ccc2c(c1)C=NO[B]2. The van der Waals surface area contributed by atoms with Gasteiger partial charge in [0.05, 0.1) is 12.4 Å². The molecule has 0 spiro atoms. The Morgan fingerprint density at radius 3 is 3.31 bits per heavy atom. The molecule has 2 rings (SSSR count). The molecule has 0 saturated heterocycles. The van der Waals surface area contributed by atoms with E-state index >= 15 is 0 Å². The van der Waals surface area contributed by atoms with Crippen LogP contribution in [0.4, 0.5) is 0 Å². The van der Waals surface area contributed by atoms with Gasteiger partial charge < -0.3 is 9.96 Å². The summed E-state index contributed by atoms with van der Waals surface area (Å²) in [5, 5.41) is 14.9. The van der Waals surface area contributed by atoms with Crippen molar-refractivity contribution in [3.05, 3.63) is 29.3 Å². The third-order valence-electron chi connectivity index (χ3n) is 1.75. The van der Waals surface area contributed by atoms with Crippen LogP contribution in [0.15, 0.2) is 28.5 Å². The molecule has 0 aromatic heterocycles. The number of hydrogen-bond acceptors (Lipinski definition) is 4. The van der Waals surface area contributed by atoms with Crippen molar-refractivity contribution < 1.29 is 9.96 Å². The van der Waals surface area contributed by atoms with Crippen LogP contribution in [-0.4, -0.2) is 25.1 Å². The van der Waals surface area contributed by atoms with Crippen molar-refractivity contribution in [1.82, 2.24) is 0 Å². The lowest BCUT2D eigenvalue weighted by atomic mass is 9.83. The predicted molar refractivity (Wildman–Crippen MR) is 49.9 cm³/mol. The minimum absolute atomic E-state index is 0.822. The largest absolute Gasteiger partial charge is 0.468 e. The summed E-state index contributed by atoms with van der Waals surface area (Å²) in [6, 6.07) is 5.56. The van der Waals surface area contributed by atoms with Gasteiger partial charge in [-0.05, 0) is 22.7 Å². The van der Waals surface area contributed by atoms with Crippen LogP contribution in [0.25, 0.3) is 0 Å². The molecule has 1 aromatic rings. The molecule has 5 heteroatoms. The summed E-state index contributed by atoms with van der Waals surface area (Å²) in [6.45, 7) is 0. The maximum atomic E-state index is 8.33. The molecule has 13 heavy (non-hydrogen) atoms. The second-order valence-electron chi connectivity index (χ2n) is 2.59. The van der Waals surface area contributed by atoms with Gasteiger partial charge >= 0.3 is 7.48 Å². The average Bonchev–Trinajstić information content (AvgIpc) is 2.18. The Hall–Kier alpha value is -1.78. The van der Waals surface area contributed by atoms with Crippen molar-refractivity contribution in [3.8, 4) is 0 Å². The fourth-order valence-corrected chi connectivity index (χ4v) is 1.13. The summed E-state index contributed by atoms with van der Waals surface area (Å²) in [5.74, 6) is 0. The number of nitrogens with zero attached hydrogens (tertiary/aromatic N) is 2. The van der Waals surface area contributed by atoms with Gasteiger partial charge in [0.25, 0.3) is 0 Å². The van der Waals surface area contributed by atoms with Crippen LogP contribution in [-0.2, 0) is 4.76 Å². The van der Waals surface area contributed by atoms with Crippen molar-refractivity contribution in [3.63, 3.8) is 0 Å². The first-order valence-electron chi connectivity index (χ1n) is 3.74. The second kappa shape index (κ2) is 3.31. The number of fused-ring (bicyclic) bond motifs is 1. The van der Waals surface area contributed by atoms with Gasteiger partial charge in [0.2, 0.25) is 0 Å². The molecule has 1 N–H and O–H groups in total.